The summed E-state index contributed by atoms with van der Waals surface area (Å²) in [7, 11) is 3.14. The fourth-order valence-corrected chi connectivity index (χ4v) is 2.78. The van der Waals surface area contributed by atoms with E-state index in [1.54, 1.807) is 24.1 Å². The van der Waals surface area contributed by atoms with Gasteiger partial charge in [0.15, 0.2) is 0 Å². The van der Waals surface area contributed by atoms with E-state index < -0.39 is 6.04 Å². The molecule has 3 amide bonds. The number of methoxy groups -OCH3 is 1. The van der Waals surface area contributed by atoms with Crippen molar-refractivity contribution < 1.29 is 19.1 Å². The Morgan fingerprint density at radius 2 is 1.88 bits per heavy atom. The summed E-state index contributed by atoms with van der Waals surface area (Å²) in [4.78, 5) is 39.6. The van der Waals surface area contributed by atoms with Crippen molar-refractivity contribution in [2.75, 3.05) is 33.8 Å². The van der Waals surface area contributed by atoms with Gasteiger partial charge in [-0.2, -0.15) is 0 Å². The van der Waals surface area contributed by atoms with Gasteiger partial charge in [-0.15, -0.1) is 0 Å². The van der Waals surface area contributed by atoms with Gasteiger partial charge in [0.2, 0.25) is 11.8 Å². The van der Waals surface area contributed by atoms with Gasteiger partial charge in [-0.25, -0.2) is 0 Å². The largest absolute Gasteiger partial charge is 0.380 e. The van der Waals surface area contributed by atoms with Crippen LogP contribution in [0.25, 0.3) is 0 Å². The number of ether oxygens (including phenoxy) is 1. The van der Waals surface area contributed by atoms with Crippen LogP contribution < -0.4 is 5.32 Å². The molecule has 1 aromatic carbocycles. The van der Waals surface area contributed by atoms with Crippen molar-refractivity contribution >= 4 is 17.7 Å². The molecule has 1 N–H and O–H groups in total. The zero-order valence-electron chi connectivity index (χ0n) is 14.2. The Labute approximate surface area is 141 Å². The molecule has 1 unspecified atom stereocenters. The van der Waals surface area contributed by atoms with Crippen molar-refractivity contribution in [3.8, 4) is 0 Å². The number of nitrogens with zero attached hydrogens (tertiary/aromatic N) is 2. The van der Waals surface area contributed by atoms with Gasteiger partial charge in [-0.1, -0.05) is 12.1 Å². The second-order valence-electron chi connectivity index (χ2n) is 5.72. The van der Waals surface area contributed by atoms with E-state index in [0.717, 1.165) is 5.56 Å². The number of rotatable bonds is 4. The van der Waals surface area contributed by atoms with Crippen molar-refractivity contribution in [2.45, 2.75) is 19.6 Å². The minimum Gasteiger partial charge on any atom is -0.380 e. The van der Waals surface area contributed by atoms with Crippen LogP contribution in [0.4, 0.5) is 0 Å². The summed E-state index contributed by atoms with van der Waals surface area (Å²) in [5, 5.41) is 2.57. The Kier molecular flexibility index (Phi) is 5.92. The van der Waals surface area contributed by atoms with Crippen LogP contribution in [0, 0.1) is 0 Å². The van der Waals surface area contributed by atoms with Crippen molar-refractivity contribution in [1.29, 1.82) is 0 Å². The van der Waals surface area contributed by atoms with Crippen LogP contribution in [0.2, 0.25) is 0 Å². The third kappa shape index (κ3) is 3.91. The van der Waals surface area contributed by atoms with E-state index >= 15 is 0 Å². The Balaban J connectivity index is 2.19. The number of benzene rings is 1. The third-order valence-corrected chi connectivity index (χ3v) is 4.15. The number of hydrogen-bond acceptors (Lipinski definition) is 4. The molecular weight excluding hydrogens is 310 g/mol. The summed E-state index contributed by atoms with van der Waals surface area (Å²) in [6, 6.07) is 6.44. The summed E-state index contributed by atoms with van der Waals surface area (Å²) in [5.41, 5.74) is 1.48. The second-order valence-corrected chi connectivity index (χ2v) is 5.72. The normalized spacial score (nSPS) is 17.5. The van der Waals surface area contributed by atoms with Crippen LogP contribution in [-0.2, 0) is 20.9 Å². The second kappa shape index (κ2) is 7.92. The Morgan fingerprint density at radius 1 is 1.21 bits per heavy atom. The van der Waals surface area contributed by atoms with Gasteiger partial charge < -0.3 is 19.9 Å². The van der Waals surface area contributed by atoms with Gasteiger partial charge in [0, 0.05) is 39.7 Å². The van der Waals surface area contributed by atoms with Crippen LogP contribution in [-0.4, -0.2) is 67.4 Å². The van der Waals surface area contributed by atoms with Crippen LogP contribution in [0.1, 0.15) is 22.8 Å². The SMILES string of the molecule is CNC(=O)C1CN(C(C)=O)CCN1C(=O)c1ccc(COC)cc1. The van der Waals surface area contributed by atoms with E-state index in [-0.39, 0.29) is 24.3 Å². The molecule has 0 saturated carbocycles. The highest BCUT2D eigenvalue weighted by Gasteiger charge is 2.36. The zero-order valence-corrected chi connectivity index (χ0v) is 14.2. The fourth-order valence-electron chi connectivity index (χ4n) is 2.78. The first-order chi connectivity index (χ1) is 11.5. The molecule has 0 spiro atoms. The smallest absolute Gasteiger partial charge is 0.254 e. The lowest BCUT2D eigenvalue weighted by molar-refractivity contribution is -0.135. The first-order valence-corrected chi connectivity index (χ1v) is 7.84. The number of nitrogens with one attached hydrogen (secondary N) is 1. The molecule has 1 saturated heterocycles. The third-order valence-electron chi connectivity index (χ3n) is 4.15. The van der Waals surface area contributed by atoms with Gasteiger partial charge in [0.1, 0.15) is 6.04 Å². The van der Waals surface area contributed by atoms with Crippen molar-refractivity contribution in [3.63, 3.8) is 0 Å². The summed E-state index contributed by atoms with van der Waals surface area (Å²) >= 11 is 0. The maximum absolute atomic E-state index is 12.8. The molecule has 2 rings (SSSR count). The molecule has 0 bridgehead atoms. The highest BCUT2D eigenvalue weighted by molar-refractivity contribution is 5.98. The van der Waals surface area contributed by atoms with E-state index in [9.17, 15) is 14.4 Å². The Hall–Kier alpha value is -2.41. The summed E-state index contributed by atoms with van der Waals surface area (Å²) in [6.45, 7) is 2.91. The predicted octanol–water partition coefficient (Wildman–Crippen LogP) is 0.252. The van der Waals surface area contributed by atoms with Gasteiger partial charge in [-0.3, -0.25) is 14.4 Å². The van der Waals surface area contributed by atoms with Crippen molar-refractivity contribution in [3.05, 3.63) is 35.4 Å². The Morgan fingerprint density at radius 3 is 2.42 bits per heavy atom. The number of amides is 3. The lowest BCUT2D eigenvalue weighted by Crippen LogP contribution is -2.61. The number of carbonyl (C=O) groups is 3. The van der Waals surface area contributed by atoms with Gasteiger partial charge in [0.05, 0.1) is 13.2 Å². The van der Waals surface area contributed by atoms with Crippen LogP contribution in [0.3, 0.4) is 0 Å². The van der Waals surface area contributed by atoms with Crippen molar-refractivity contribution in [1.82, 2.24) is 15.1 Å². The van der Waals surface area contributed by atoms with E-state index in [2.05, 4.69) is 5.32 Å². The summed E-state index contributed by atoms with van der Waals surface area (Å²) in [5.74, 6) is -0.582. The fraction of sp³-hybridized carbons (Fsp3) is 0.471. The summed E-state index contributed by atoms with van der Waals surface area (Å²) in [6.07, 6.45) is 0. The molecule has 1 aliphatic heterocycles. The average Bonchev–Trinajstić information content (AvgIpc) is 2.60. The molecule has 130 valence electrons. The molecule has 24 heavy (non-hydrogen) atoms. The lowest BCUT2D eigenvalue weighted by atomic mass is 10.1. The minimum absolute atomic E-state index is 0.0973. The maximum Gasteiger partial charge on any atom is 0.254 e. The molecule has 0 aliphatic carbocycles. The molecule has 1 heterocycles. The van der Waals surface area contributed by atoms with Crippen LogP contribution in [0.15, 0.2) is 24.3 Å². The Bertz CT molecular complexity index is 615. The van der Waals surface area contributed by atoms with Crippen LogP contribution in [0.5, 0.6) is 0 Å². The molecule has 1 aromatic rings. The molecule has 7 nitrogen and oxygen atoms in total. The minimum atomic E-state index is -0.682. The number of likely N-dealkylation sites (N-methyl/N-ethyl adjacent to an activating group) is 1. The van der Waals surface area contributed by atoms with Gasteiger partial charge in [-0.05, 0) is 17.7 Å². The number of carbonyl (C=O) groups excluding carboxylic acids is 3. The van der Waals surface area contributed by atoms with E-state index in [0.29, 0.717) is 25.3 Å². The lowest BCUT2D eigenvalue weighted by Gasteiger charge is -2.40. The van der Waals surface area contributed by atoms with Crippen molar-refractivity contribution in [2.24, 2.45) is 0 Å². The monoisotopic (exact) mass is 333 g/mol. The maximum atomic E-state index is 12.8. The molecular formula is C17H23N3O4. The summed E-state index contributed by atoms with van der Waals surface area (Å²) < 4.78 is 5.06. The number of piperazine rings is 1. The first kappa shape index (κ1) is 17.9. The predicted molar refractivity (Wildman–Crippen MR) is 88.3 cm³/mol. The molecule has 0 aromatic heterocycles. The van der Waals surface area contributed by atoms with Gasteiger partial charge >= 0.3 is 0 Å². The highest BCUT2D eigenvalue weighted by Crippen LogP contribution is 2.16. The zero-order chi connectivity index (χ0) is 17.7. The van der Waals surface area contributed by atoms with Crippen LogP contribution >= 0.6 is 0 Å². The highest BCUT2D eigenvalue weighted by atomic mass is 16.5. The standard InChI is InChI=1S/C17H23N3O4/c1-12(21)19-8-9-20(15(10-19)16(22)18-2)17(23)14-6-4-13(5-7-14)11-24-3/h4-7,15H,8-11H2,1-3H3,(H,18,22). The first-order valence-electron chi connectivity index (χ1n) is 7.84. The average molecular weight is 333 g/mol. The van der Waals surface area contributed by atoms with E-state index in [1.165, 1.54) is 18.9 Å². The van der Waals surface area contributed by atoms with E-state index in [4.69, 9.17) is 4.74 Å². The molecule has 7 heteroatoms. The molecule has 1 atom stereocenters. The molecule has 1 aliphatic rings. The molecule has 1 fully saturated rings. The van der Waals surface area contributed by atoms with E-state index in [1.807, 2.05) is 12.1 Å². The van der Waals surface area contributed by atoms with Gasteiger partial charge in [0.25, 0.3) is 5.91 Å². The number of hydrogen-bond donors (Lipinski definition) is 1. The molecule has 0 radical (unpaired) electrons. The quantitative estimate of drug-likeness (QED) is 0.857. The topological polar surface area (TPSA) is 79.0 Å².